The highest BCUT2D eigenvalue weighted by molar-refractivity contribution is 6.07. The molecule has 0 saturated heterocycles. The number of hydrazine groups is 1. The number of hydrogen-bond acceptors (Lipinski definition) is 5. The van der Waals surface area contributed by atoms with Crippen LogP contribution in [-0.2, 0) is 0 Å². The van der Waals surface area contributed by atoms with Gasteiger partial charge in [-0.25, -0.2) is 4.39 Å². The Hall–Kier alpha value is -2.41. The maximum Gasteiger partial charge on any atom is 0.259 e. The number of nitrogens with two attached hydrogens (primary N) is 1. The van der Waals surface area contributed by atoms with Gasteiger partial charge >= 0.3 is 0 Å². The summed E-state index contributed by atoms with van der Waals surface area (Å²) in [5, 5.41) is 6.08. The third kappa shape index (κ3) is 2.30. The van der Waals surface area contributed by atoms with Gasteiger partial charge in [-0.15, -0.1) is 0 Å². The number of rotatable bonds is 3. The molecule has 0 spiro atoms. The zero-order valence-corrected chi connectivity index (χ0v) is 9.53. The summed E-state index contributed by atoms with van der Waals surface area (Å²) in [6.07, 6.45) is 0. The average molecular weight is 250 g/mol. The van der Waals surface area contributed by atoms with Gasteiger partial charge in [-0.3, -0.25) is 10.6 Å². The Labute approximate surface area is 102 Å². The molecular formula is C11H11FN4O2. The van der Waals surface area contributed by atoms with Crippen molar-refractivity contribution < 1.29 is 13.7 Å². The topological polar surface area (TPSA) is 93.2 Å². The van der Waals surface area contributed by atoms with Crippen molar-refractivity contribution in [3.05, 3.63) is 41.4 Å². The first-order valence-corrected chi connectivity index (χ1v) is 5.11. The number of benzene rings is 1. The summed E-state index contributed by atoms with van der Waals surface area (Å²) in [6, 6.07) is 5.61. The van der Waals surface area contributed by atoms with Gasteiger partial charge in [0.05, 0.1) is 11.3 Å². The molecular weight excluding hydrogens is 239 g/mol. The fraction of sp³-hybridized carbons (Fsp3) is 0.0909. The van der Waals surface area contributed by atoms with Crippen LogP contribution >= 0.6 is 0 Å². The molecule has 0 atom stereocenters. The van der Waals surface area contributed by atoms with Gasteiger partial charge in [-0.2, -0.15) is 0 Å². The minimum Gasteiger partial charge on any atom is -0.360 e. The van der Waals surface area contributed by atoms with E-state index in [0.717, 1.165) is 0 Å². The van der Waals surface area contributed by atoms with E-state index >= 15 is 0 Å². The van der Waals surface area contributed by atoms with E-state index in [0.29, 0.717) is 5.76 Å². The molecule has 0 radical (unpaired) electrons. The molecule has 0 aliphatic rings. The standard InChI is InChI=1S/C11H11FN4O2/c1-6-5-9(16-18-6)14-11(17)7-3-2-4-8(12)10(7)15-13/h2-5,15H,13H2,1H3,(H,14,16,17). The molecule has 1 aromatic carbocycles. The Balaban J connectivity index is 2.26. The van der Waals surface area contributed by atoms with Crippen LogP contribution in [0.2, 0.25) is 0 Å². The molecule has 0 fully saturated rings. The van der Waals surface area contributed by atoms with Crippen LogP contribution in [0, 0.1) is 12.7 Å². The summed E-state index contributed by atoms with van der Waals surface area (Å²) < 4.78 is 18.2. The Bertz CT molecular complexity index is 582. The minimum absolute atomic E-state index is 0.0739. The number of hydrogen-bond donors (Lipinski definition) is 3. The molecule has 6 nitrogen and oxygen atoms in total. The number of anilines is 2. The first kappa shape index (κ1) is 12.1. The highest BCUT2D eigenvalue weighted by Crippen LogP contribution is 2.20. The summed E-state index contributed by atoms with van der Waals surface area (Å²) in [6.45, 7) is 1.69. The van der Waals surface area contributed by atoms with E-state index in [9.17, 15) is 9.18 Å². The van der Waals surface area contributed by atoms with E-state index in [1.54, 1.807) is 13.0 Å². The van der Waals surface area contributed by atoms with Crippen molar-refractivity contribution in [3.8, 4) is 0 Å². The van der Waals surface area contributed by atoms with Gasteiger partial charge in [0.1, 0.15) is 11.6 Å². The molecule has 1 heterocycles. The predicted octanol–water partition coefficient (Wildman–Crippen LogP) is 1.66. The minimum atomic E-state index is -0.610. The number of carbonyl (C=O) groups excluding carboxylic acids is 1. The molecule has 0 aliphatic heterocycles. The number of aryl methyl sites for hydroxylation is 1. The van der Waals surface area contributed by atoms with Crippen LogP contribution in [0.1, 0.15) is 16.1 Å². The summed E-state index contributed by atoms with van der Waals surface area (Å²) in [4.78, 5) is 11.9. The van der Waals surface area contributed by atoms with Crippen LogP contribution in [0.25, 0.3) is 0 Å². The molecule has 18 heavy (non-hydrogen) atoms. The largest absolute Gasteiger partial charge is 0.360 e. The second-order valence-electron chi connectivity index (χ2n) is 3.58. The third-order valence-corrected chi connectivity index (χ3v) is 2.27. The van der Waals surface area contributed by atoms with Crippen LogP contribution in [0.15, 0.2) is 28.8 Å². The molecule has 0 saturated carbocycles. The van der Waals surface area contributed by atoms with Gasteiger partial charge in [0.25, 0.3) is 5.91 Å². The number of carbonyl (C=O) groups is 1. The predicted molar refractivity (Wildman–Crippen MR) is 63.4 cm³/mol. The van der Waals surface area contributed by atoms with Crippen molar-refractivity contribution in [3.63, 3.8) is 0 Å². The van der Waals surface area contributed by atoms with E-state index in [1.165, 1.54) is 18.2 Å². The summed E-state index contributed by atoms with van der Waals surface area (Å²) in [5.74, 6) is 4.85. The van der Waals surface area contributed by atoms with E-state index in [2.05, 4.69) is 15.9 Å². The van der Waals surface area contributed by atoms with Gasteiger partial charge in [-0.05, 0) is 19.1 Å². The molecule has 94 valence electrons. The van der Waals surface area contributed by atoms with E-state index in [4.69, 9.17) is 10.4 Å². The average Bonchev–Trinajstić information content (AvgIpc) is 2.74. The molecule has 2 aromatic rings. The monoisotopic (exact) mass is 250 g/mol. The molecule has 0 unspecified atom stereocenters. The van der Waals surface area contributed by atoms with Gasteiger partial charge in [-0.1, -0.05) is 11.2 Å². The molecule has 0 aliphatic carbocycles. The van der Waals surface area contributed by atoms with Crippen molar-refractivity contribution in [2.45, 2.75) is 6.92 Å². The lowest BCUT2D eigenvalue weighted by atomic mass is 10.1. The highest BCUT2D eigenvalue weighted by Gasteiger charge is 2.15. The highest BCUT2D eigenvalue weighted by atomic mass is 19.1. The Morgan fingerprint density at radius 1 is 1.50 bits per heavy atom. The number of nitrogen functional groups attached to an aromatic ring is 1. The van der Waals surface area contributed by atoms with Crippen molar-refractivity contribution >= 4 is 17.4 Å². The number of halogens is 1. The molecule has 0 bridgehead atoms. The van der Waals surface area contributed by atoms with Gasteiger partial charge in [0.15, 0.2) is 5.82 Å². The van der Waals surface area contributed by atoms with Crippen LogP contribution in [0.3, 0.4) is 0 Å². The lowest BCUT2D eigenvalue weighted by Gasteiger charge is -2.08. The lowest BCUT2D eigenvalue weighted by Crippen LogP contribution is -2.18. The zero-order valence-electron chi connectivity index (χ0n) is 9.53. The van der Waals surface area contributed by atoms with Gasteiger partial charge in [0.2, 0.25) is 0 Å². The SMILES string of the molecule is Cc1cc(NC(=O)c2cccc(F)c2NN)no1. The first-order valence-electron chi connectivity index (χ1n) is 5.11. The second kappa shape index (κ2) is 4.84. The smallest absolute Gasteiger partial charge is 0.259 e. The van der Waals surface area contributed by atoms with Crippen LogP contribution in [0.5, 0.6) is 0 Å². The molecule has 7 heteroatoms. The zero-order chi connectivity index (χ0) is 13.1. The molecule has 4 N–H and O–H groups in total. The Kier molecular flexibility index (Phi) is 3.24. The Morgan fingerprint density at radius 3 is 2.89 bits per heavy atom. The van der Waals surface area contributed by atoms with Gasteiger partial charge in [0, 0.05) is 6.07 Å². The number of para-hydroxylation sites is 1. The van der Waals surface area contributed by atoms with Crippen molar-refractivity contribution in [1.82, 2.24) is 5.16 Å². The number of amides is 1. The second-order valence-corrected chi connectivity index (χ2v) is 3.58. The van der Waals surface area contributed by atoms with Crippen molar-refractivity contribution in [1.29, 1.82) is 0 Å². The fourth-order valence-electron chi connectivity index (χ4n) is 1.47. The third-order valence-electron chi connectivity index (χ3n) is 2.27. The maximum atomic E-state index is 13.4. The summed E-state index contributed by atoms with van der Waals surface area (Å²) in [5.41, 5.74) is 2.16. The molecule has 2 rings (SSSR count). The van der Waals surface area contributed by atoms with E-state index in [-0.39, 0.29) is 17.1 Å². The van der Waals surface area contributed by atoms with Crippen molar-refractivity contribution in [2.24, 2.45) is 5.84 Å². The van der Waals surface area contributed by atoms with Crippen LogP contribution in [-0.4, -0.2) is 11.1 Å². The number of nitrogens with zero attached hydrogens (tertiary/aromatic N) is 1. The van der Waals surface area contributed by atoms with Crippen LogP contribution in [0.4, 0.5) is 15.9 Å². The quantitative estimate of drug-likeness (QED) is 0.569. The van der Waals surface area contributed by atoms with Crippen LogP contribution < -0.4 is 16.6 Å². The first-order chi connectivity index (χ1) is 8.61. The summed E-state index contributed by atoms with van der Waals surface area (Å²) in [7, 11) is 0. The normalized spacial score (nSPS) is 10.2. The van der Waals surface area contributed by atoms with E-state index < -0.39 is 11.7 Å². The summed E-state index contributed by atoms with van der Waals surface area (Å²) >= 11 is 0. The van der Waals surface area contributed by atoms with Crippen molar-refractivity contribution in [2.75, 3.05) is 10.7 Å². The Morgan fingerprint density at radius 2 is 2.28 bits per heavy atom. The number of aromatic nitrogens is 1. The van der Waals surface area contributed by atoms with E-state index in [1.807, 2.05) is 0 Å². The lowest BCUT2D eigenvalue weighted by molar-refractivity contribution is 0.102. The fourth-order valence-corrected chi connectivity index (χ4v) is 1.47. The van der Waals surface area contributed by atoms with Gasteiger partial charge < -0.3 is 15.3 Å². The number of nitrogens with one attached hydrogen (secondary N) is 2. The maximum absolute atomic E-state index is 13.4. The molecule has 1 aromatic heterocycles. The molecule has 1 amide bonds.